The van der Waals surface area contributed by atoms with Crippen LogP contribution in [0.25, 0.3) is 0 Å². The fraction of sp³-hybridized carbons (Fsp3) is 0.409. The molecule has 7 heteroatoms. The summed E-state index contributed by atoms with van der Waals surface area (Å²) in [6.07, 6.45) is 4.37. The number of aliphatic carboxylic acids is 1. The standard InChI is InChI=1S/C22H27NO4S.Na.H/c24-21(25)15-9-2-6-12-19-16-17-23(22(19)18-10-4-1-5-11-18)28(26,27)20-13-7-3-8-14-20;;/h1,3-5,7-8,10-11,13-14,19,22H,2,6,9,12,15-17H2,(H,24,25);;/t19-,22-;;/m1../s1. The van der Waals surface area contributed by atoms with Gasteiger partial charge in [-0.25, -0.2) is 8.42 Å². The zero-order valence-electron chi connectivity index (χ0n) is 15.9. The molecule has 0 radical (unpaired) electrons. The predicted octanol–water partition coefficient (Wildman–Crippen LogP) is 3.83. The Bertz CT molecular complexity index is 874. The van der Waals surface area contributed by atoms with Crippen molar-refractivity contribution < 1.29 is 18.3 Å². The molecule has 2 atom stereocenters. The van der Waals surface area contributed by atoms with Gasteiger partial charge in [0, 0.05) is 13.0 Å². The van der Waals surface area contributed by atoms with E-state index in [1.54, 1.807) is 28.6 Å². The summed E-state index contributed by atoms with van der Waals surface area (Å²) in [7, 11) is -3.56. The van der Waals surface area contributed by atoms with Crippen LogP contribution in [0.3, 0.4) is 0 Å². The third kappa shape index (κ3) is 6.15. The molecule has 1 aliphatic heterocycles. The molecule has 0 aromatic heterocycles. The maximum atomic E-state index is 13.3. The summed E-state index contributed by atoms with van der Waals surface area (Å²) >= 11 is 0. The van der Waals surface area contributed by atoms with Crippen molar-refractivity contribution >= 4 is 45.5 Å². The number of hydrogen-bond donors (Lipinski definition) is 1. The molecule has 0 bridgehead atoms. The van der Waals surface area contributed by atoms with Crippen LogP contribution in [-0.4, -0.2) is 59.9 Å². The molecule has 2 aromatic rings. The molecular formula is C22H28NNaO4S. The van der Waals surface area contributed by atoms with Crippen LogP contribution in [0.15, 0.2) is 65.6 Å². The van der Waals surface area contributed by atoms with Crippen molar-refractivity contribution in [1.29, 1.82) is 0 Å². The Morgan fingerprint density at radius 2 is 1.59 bits per heavy atom. The van der Waals surface area contributed by atoms with Crippen molar-refractivity contribution in [1.82, 2.24) is 4.31 Å². The second kappa shape index (κ2) is 11.3. The molecule has 1 aliphatic rings. The number of carboxylic acid groups (broad SMARTS) is 1. The molecule has 0 unspecified atom stereocenters. The fourth-order valence-corrected chi connectivity index (χ4v) is 5.78. The van der Waals surface area contributed by atoms with Crippen LogP contribution < -0.4 is 0 Å². The Balaban J connectivity index is 0.00000300. The molecule has 1 saturated heterocycles. The topological polar surface area (TPSA) is 74.7 Å². The van der Waals surface area contributed by atoms with Crippen LogP contribution in [0.5, 0.6) is 0 Å². The fourth-order valence-electron chi connectivity index (χ4n) is 4.07. The molecule has 1 fully saturated rings. The summed E-state index contributed by atoms with van der Waals surface area (Å²) < 4.78 is 28.2. The van der Waals surface area contributed by atoms with Gasteiger partial charge < -0.3 is 5.11 Å². The van der Waals surface area contributed by atoms with Crippen molar-refractivity contribution in [2.24, 2.45) is 5.92 Å². The molecule has 29 heavy (non-hydrogen) atoms. The molecule has 2 aromatic carbocycles. The van der Waals surface area contributed by atoms with Crippen LogP contribution in [0.1, 0.15) is 50.1 Å². The number of carbonyl (C=O) groups is 1. The minimum absolute atomic E-state index is 0. The Kier molecular flexibility index (Phi) is 9.37. The number of rotatable bonds is 9. The molecule has 0 aliphatic carbocycles. The van der Waals surface area contributed by atoms with Gasteiger partial charge >= 0.3 is 35.5 Å². The van der Waals surface area contributed by atoms with Gasteiger partial charge in [0.2, 0.25) is 10.0 Å². The number of hydrogen-bond acceptors (Lipinski definition) is 3. The van der Waals surface area contributed by atoms with Gasteiger partial charge in [0.25, 0.3) is 0 Å². The molecule has 0 spiro atoms. The van der Waals surface area contributed by atoms with E-state index in [0.29, 0.717) is 17.9 Å². The Hall–Kier alpha value is -1.18. The number of unbranched alkanes of at least 4 members (excludes halogenated alkanes) is 2. The van der Waals surface area contributed by atoms with Crippen LogP contribution >= 0.6 is 0 Å². The van der Waals surface area contributed by atoms with E-state index in [-0.39, 0.29) is 47.9 Å². The van der Waals surface area contributed by atoms with Gasteiger partial charge in [-0.05, 0) is 42.9 Å². The van der Waals surface area contributed by atoms with Crippen molar-refractivity contribution in [2.75, 3.05) is 6.54 Å². The summed E-state index contributed by atoms with van der Waals surface area (Å²) in [6.45, 7) is 0.510. The zero-order valence-corrected chi connectivity index (χ0v) is 16.7. The van der Waals surface area contributed by atoms with Gasteiger partial charge in [-0.15, -0.1) is 0 Å². The third-order valence-corrected chi connectivity index (χ3v) is 7.33. The first-order chi connectivity index (χ1) is 13.5. The zero-order chi connectivity index (χ0) is 20.0. The third-order valence-electron chi connectivity index (χ3n) is 5.43. The molecule has 152 valence electrons. The SMILES string of the molecule is O=C(O)CCCCC[C@@H]1CCN(S(=O)(=O)c2ccccc2)[C@@H]1c1ccccc1.[NaH]. The number of sulfonamides is 1. The average Bonchev–Trinajstić information content (AvgIpc) is 3.13. The van der Waals surface area contributed by atoms with E-state index in [2.05, 4.69) is 0 Å². The first kappa shape index (κ1) is 24.1. The van der Waals surface area contributed by atoms with Crippen LogP contribution in [0.4, 0.5) is 0 Å². The molecule has 1 N–H and O–H groups in total. The van der Waals surface area contributed by atoms with Gasteiger partial charge in [0.15, 0.2) is 0 Å². The van der Waals surface area contributed by atoms with Gasteiger partial charge in [0.05, 0.1) is 10.9 Å². The second-order valence-electron chi connectivity index (χ2n) is 7.33. The van der Waals surface area contributed by atoms with Gasteiger partial charge in [-0.2, -0.15) is 4.31 Å². The molecule has 3 rings (SSSR count). The predicted molar refractivity (Wildman–Crippen MR) is 115 cm³/mol. The quantitative estimate of drug-likeness (QED) is 0.490. The van der Waals surface area contributed by atoms with Gasteiger partial charge in [-0.1, -0.05) is 61.4 Å². The van der Waals surface area contributed by atoms with Crippen molar-refractivity contribution in [3.8, 4) is 0 Å². The van der Waals surface area contributed by atoms with Crippen LogP contribution in [0.2, 0.25) is 0 Å². The van der Waals surface area contributed by atoms with Crippen molar-refractivity contribution in [3.05, 3.63) is 66.2 Å². The first-order valence-electron chi connectivity index (χ1n) is 9.84. The van der Waals surface area contributed by atoms with E-state index in [4.69, 9.17) is 5.11 Å². The summed E-state index contributed by atoms with van der Waals surface area (Å²) in [5.41, 5.74) is 1.02. The van der Waals surface area contributed by atoms with E-state index in [9.17, 15) is 13.2 Å². The monoisotopic (exact) mass is 425 g/mol. The Labute approximate surface area is 195 Å². The van der Waals surface area contributed by atoms with Crippen molar-refractivity contribution in [3.63, 3.8) is 0 Å². The summed E-state index contributed by atoms with van der Waals surface area (Å²) in [6, 6.07) is 18.3. The normalized spacial score (nSPS) is 19.6. The summed E-state index contributed by atoms with van der Waals surface area (Å²) in [5.74, 6) is -0.520. The number of carboxylic acids is 1. The van der Waals surface area contributed by atoms with Crippen LogP contribution in [-0.2, 0) is 14.8 Å². The van der Waals surface area contributed by atoms with Crippen LogP contribution in [0, 0.1) is 5.92 Å². The molecular weight excluding hydrogens is 397 g/mol. The number of benzene rings is 2. The minimum atomic E-state index is -3.56. The average molecular weight is 426 g/mol. The molecule has 0 saturated carbocycles. The molecule has 5 nitrogen and oxygen atoms in total. The second-order valence-corrected chi connectivity index (χ2v) is 9.22. The number of nitrogens with zero attached hydrogens (tertiary/aromatic N) is 1. The Morgan fingerprint density at radius 1 is 0.966 bits per heavy atom. The molecule has 0 amide bonds. The maximum absolute atomic E-state index is 13.3. The summed E-state index contributed by atoms with van der Waals surface area (Å²) in [5, 5.41) is 8.77. The molecule has 1 heterocycles. The van der Waals surface area contributed by atoms with Crippen molar-refractivity contribution in [2.45, 2.75) is 49.5 Å². The van der Waals surface area contributed by atoms with E-state index in [1.165, 1.54) is 0 Å². The van der Waals surface area contributed by atoms with E-state index >= 15 is 0 Å². The first-order valence-corrected chi connectivity index (χ1v) is 11.3. The van der Waals surface area contributed by atoms with E-state index < -0.39 is 16.0 Å². The van der Waals surface area contributed by atoms with Gasteiger partial charge in [0.1, 0.15) is 0 Å². The Morgan fingerprint density at radius 3 is 2.21 bits per heavy atom. The van der Waals surface area contributed by atoms with E-state index in [0.717, 1.165) is 31.2 Å². The van der Waals surface area contributed by atoms with E-state index in [1.807, 2.05) is 36.4 Å². The van der Waals surface area contributed by atoms with Gasteiger partial charge in [-0.3, -0.25) is 4.79 Å². The summed E-state index contributed by atoms with van der Waals surface area (Å²) in [4.78, 5) is 11.0.